The van der Waals surface area contributed by atoms with E-state index >= 15 is 0 Å². The Morgan fingerprint density at radius 1 is 1.14 bits per heavy atom. The predicted molar refractivity (Wildman–Crippen MR) is 52.8 cm³/mol. The number of hydrogen-bond donors (Lipinski definition) is 1. The monoisotopic (exact) mass is 199 g/mol. The molecule has 0 fully saturated rings. The van der Waals surface area contributed by atoms with E-state index in [1.54, 1.807) is 0 Å². The van der Waals surface area contributed by atoms with Gasteiger partial charge in [0.25, 0.3) is 0 Å². The summed E-state index contributed by atoms with van der Waals surface area (Å²) in [7, 11) is 0. The topological polar surface area (TPSA) is 26.0 Å². The van der Waals surface area contributed by atoms with Crippen LogP contribution < -0.4 is 5.73 Å². The second-order valence-corrected chi connectivity index (χ2v) is 3.46. The van der Waals surface area contributed by atoms with Crippen LogP contribution in [0.2, 0.25) is 0 Å². The Balaban J connectivity index is 3.29. The second-order valence-electron chi connectivity index (χ2n) is 3.46. The van der Waals surface area contributed by atoms with Crippen molar-refractivity contribution >= 4 is 0 Å². The molecular formula is C11H15F2N. The lowest BCUT2D eigenvalue weighted by molar-refractivity contribution is 0.370. The zero-order valence-electron chi connectivity index (χ0n) is 8.48. The smallest absolute Gasteiger partial charge is 0.131 e. The lowest BCUT2D eigenvalue weighted by atomic mass is 9.85. The summed E-state index contributed by atoms with van der Waals surface area (Å²) < 4.78 is 26.8. The molecule has 0 bridgehead atoms. The molecule has 0 saturated heterocycles. The quantitative estimate of drug-likeness (QED) is 0.795. The van der Waals surface area contributed by atoms with Crippen LogP contribution in [0.4, 0.5) is 8.78 Å². The fraction of sp³-hybridized carbons (Fsp3) is 0.455. The van der Waals surface area contributed by atoms with Gasteiger partial charge in [-0.05, 0) is 25.0 Å². The van der Waals surface area contributed by atoms with E-state index in [1.807, 2.05) is 13.8 Å². The van der Waals surface area contributed by atoms with Crippen LogP contribution in [0.1, 0.15) is 32.3 Å². The van der Waals surface area contributed by atoms with Crippen molar-refractivity contribution < 1.29 is 8.78 Å². The highest BCUT2D eigenvalue weighted by Crippen LogP contribution is 2.29. The Bertz CT molecular complexity index is 299. The minimum atomic E-state index is -0.893. The lowest BCUT2D eigenvalue weighted by Gasteiger charge is -2.27. The van der Waals surface area contributed by atoms with Crippen molar-refractivity contribution in [3.05, 3.63) is 35.4 Å². The fourth-order valence-corrected chi connectivity index (χ4v) is 1.58. The summed E-state index contributed by atoms with van der Waals surface area (Å²) in [5.74, 6) is -1.12. The van der Waals surface area contributed by atoms with E-state index < -0.39 is 17.2 Å². The molecule has 14 heavy (non-hydrogen) atoms. The summed E-state index contributed by atoms with van der Waals surface area (Å²) in [6.07, 6.45) is 1.03. The lowest BCUT2D eigenvalue weighted by Crippen LogP contribution is -2.37. The molecule has 0 heterocycles. The van der Waals surface area contributed by atoms with Crippen LogP contribution in [-0.4, -0.2) is 0 Å². The SMILES string of the molecule is CCC(N)(CC)c1c(F)cccc1F. The van der Waals surface area contributed by atoms with Crippen molar-refractivity contribution in [1.82, 2.24) is 0 Å². The number of hydrogen-bond acceptors (Lipinski definition) is 1. The van der Waals surface area contributed by atoms with Gasteiger partial charge in [-0.2, -0.15) is 0 Å². The van der Waals surface area contributed by atoms with E-state index in [0.29, 0.717) is 12.8 Å². The van der Waals surface area contributed by atoms with E-state index in [9.17, 15) is 8.78 Å². The first-order chi connectivity index (χ1) is 6.55. The van der Waals surface area contributed by atoms with Crippen LogP contribution in [-0.2, 0) is 5.54 Å². The molecule has 3 heteroatoms. The maximum Gasteiger partial charge on any atom is 0.131 e. The predicted octanol–water partition coefficient (Wildman–Crippen LogP) is 2.94. The van der Waals surface area contributed by atoms with Gasteiger partial charge >= 0.3 is 0 Å². The van der Waals surface area contributed by atoms with E-state index in [4.69, 9.17) is 5.73 Å². The van der Waals surface area contributed by atoms with Gasteiger partial charge in [-0.1, -0.05) is 19.9 Å². The van der Waals surface area contributed by atoms with Gasteiger partial charge in [0.1, 0.15) is 11.6 Å². The first kappa shape index (κ1) is 11.1. The highest BCUT2D eigenvalue weighted by atomic mass is 19.1. The molecule has 0 spiro atoms. The Morgan fingerprint density at radius 2 is 1.57 bits per heavy atom. The molecule has 1 rings (SSSR count). The molecule has 1 aromatic rings. The average Bonchev–Trinajstić information content (AvgIpc) is 2.17. The summed E-state index contributed by atoms with van der Waals surface area (Å²) in [4.78, 5) is 0. The maximum absolute atomic E-state index is 13.4. The standard InChI is InChI=1S/C11H15F2N/c1-3-11(14,4-2)10-8(12)6-5-7-9(10)13/h5-7H,3-4,14H2,1-2H3. The second kappa shape index (κ2) is 4.05. The highest BCUT2D eigenvalue weighted by molar-refractivity contribution is 5.27. The largest absolute Gasteiger partial charge is 0.321 e. The number of rotatable bonds is 3. The Kier molecular flexibility index (Phi) is 3.21. The van der Waals surface area contributed by atoms with Gasteiger partial charge in [-0.25, -0.2) is 8.78 Å². The minimum Gasteiger partial charge on any atom is -0.321 e. The van der Waals surface area contributed by atoms with Crippen molar-refractivity contribution in [3.8, 4) is 0 Å². The molecule has 1 nitrogen and oxygen atoms in total. The maximum atomic E-state index is 13.4. The van der Waals surface area contributed by atoms with Gasteiger partial charge in [0.05, 0.1) is 0 Å². The fourth-order valence-electron chi connectivity index (χ4n) is 1.58. The van der Waals surface area contributed by atoms with Gasteiger partial charge in [-0.3, -0.25) is 0 Å². The molecule has 1 aromatic carbocycles. The molecule has 0 unspecified atom stereocenters. The number of halogens is 2. The summed E-state index contributed by atoms with van der Waals surface area (Å²) in [5.41, 5.74) is 5.05. The molecule has 0 aliphatic rings. The molecule has 0 amide bonds. The Labute approximate surface area is 82.9 Å². The van der Waals surface area contributed by atoms with Gasteiger partial charge in [-0.15, -0.1) is 0 Å². The third-order valence-electron chi connectivity index (χ3n) is 2.72. The number of benzene rings is 1. The molecule has 0 aliphatic carbocycles. The van der Waals surface area contributed by atoms with Gasteiger partial charge in [0.2, 0.25) is 0 Å². The van der Waals surface area contributed by atoms with E-state index in [2.05, 4.69) is 0 Å². The first-order valence-electron chi connectivity index (χ1n) is 4.78. The molecular weight excluding hydrogens is 184 g/mol. The van der Waals surface area contributed by atoms with Gasteiger partial charge < -0.3 is 5.73 Å². The first-order valence-corrected chi connectivity index (χ1v) is 4.78. The van der Waals surface area contributed by atoms with E-state index in [-0.39, 0.29) is 5.56 Å². The Morgan fingerprint density at radius 3 is 1.93 bits per heavy atom. The van der Waals surface area contributed by atoms with Crippen molar-refractivity contribution in [3.63, 3.8) is 0 Å². The molecule has 2 N–H and O–H groups in total. The molecule has 0 aromatic heterocycles. The van der Waals surface area contributed by atoms with Crippen molar-refractivity contribution in [2.45, 2.75) is 32.2 Å². The molecule has 0 saturated carbocycles. The number of nitrogens with two attached hydrogens (primary N) is 1. The summed E-state index contributed by atoms with van der Waals surface area (Å²) in [6.45, 7) is 3.66. The molecule has 0 atom stereocenters. The molecule has 0 radical (unpaired) electrons. The summed E-state index contributed by atoms with van der Waals surface area (Å²) >= 11 is 0. The highest BCUT2D eigenvalue weighted by Gasteiger charge is 2.29. The summed E-state index contributed by atoms with van der Waals surface area (Å²) in [6, 6.07) is 3.83. The normalized spacial score (nSPS) is 11.8. The van der Waals surface area contributed by atoms with E-state index in [1.165, 1.54) is 18.2 Å². The zero-order chi connectivity index (χ0) is 10.8. The molecule has 78 valence electrons. The third-order valence-corrected chi connectivity index (χ3v) is 2.72. The van der Waals surface area contributed by atoms with Crippen molar-refractivity contribution in [2.24, 2.45) is 5.73 Å². The van der Waals surface area contributed by atoms with Crippen molar-refractivity contribution in [1.29, 1.82) is 0 Å². The minimum absolute atomic E-state index is 0.00463. The van der Waals surface area contributed by atoms with Gasteiger partial charge in [0.15, 0.2) is 0 Å². The summed E-state index contributed by atoms with van der Waals surface area (Å²) in [5, 5.41) is 0. The van der Waals surface area contributed by atoms with Crippen LogP contribution in [0, 0.1) is 11.6 Å². The van der Waals surface area contributed by atoms with Gasteiger partial charge in [0, 0.05) is 11.1 Å². The van der Waals surface area contributed by atoms with Crippen LogP contribution in [0.15, 0.2) is 18.2 Å². The third kappa shape index (κ3) is 1.77. The van der Waals surface area contributed by atoms with Crippen LogP contribution in [0.5, 0.6) is 0 Å². The average molecular weight is 199 g/mol. The van der Waals surface area contributed by atoms with Crippen LogP contribution in [0.3, 0.4) is 0 Å². The molecule has 0 aliphatic heterocycles. The van der Waals surface area contributed by atoms with Crippen molar-refractivity contribution in [2.75, 3.05) is 0 Å². The van der Waals surface area contributed by atoms with Crippen LogP contribution >= 0.6 is 0 Å². The zero-order valence-corrected chi connectivity index (χ0v) is 8.48. The van der Waals surface area contributed by atoms with Crippen LogP contribution in [0.25, 0.3) is 0 Å². The van der Waals surface area contributed by atoms with E-state index in [0.717, 1.165) is 0 Å². The Hall–Kier alpha value is -0.960.